The number of alkyl halides is 1. The Balaban J connectivity index is 2.06. The molecule has 2 heterocycles. The fraction of sp³-hybridized carbons (Fsp3) is 0.583. The van der Waals surface area contributed by atoms with Crippen molar-refractivity contribution < 1.29 is 0 Å². The van der Waals surface area contributed by atoms with E-state index in [-0.39, 0.29) is 0 Å². The van der Waals surface area contributed by atoms with Crippen LogP contribution in [0, 0.1) is 0 Å². The smallest absolute Gasteiger partial charge is 0.128 e. The number of halogens is 1. The molecule has 0 amide bonds. The number of hydrogen-bond donors (Lipinski definition) is 0. The van der Waals surface area contributed by atoms with Crippen molar-refractivity contribution in [1.82, 2.24) is 9.88 Å². The number of piperazine rings is 1. The molecule has 3 nitrogen and oxygen atoms in total. The number of pyridine rings is 1. The Morgan fingerprint density at radius 3 is 2.81 bits per heavy atom. The van der Waals surface area contributed by atoms with Gasteiger partial charge in [0.25, 0.3) is 0 Å². The zero-order valence-corrected chi connectivity index (χ0v) is 11.4. The molecule has 0 saturated carbocycles. The molecule has 0 radical (unpaired) electrons. The summed E-state index contributed by atoms with van der Waals surface area (Å²) in [5, 5.41) is 0.874. The molecule has 0 aliphatic carbocycles. The minimum atomic E-state index is 0.603. The average molecular weight is 284 g/mol. The van der Waals surface area contributed by atoms with Gasteiger partial charge >= 0.3 is 0 Å². The number of nitrogens with zero attached hydrogens (tertiary/aromatic N) is 3. The second-order valence-electron chi connectivity index (χ2n) is 4.43. The third-order valence-corrected chi connectivity index (χ3v) is 3.89. The van der Waals surface area contributed by atoms with Crippen LogP contribution in [0.4, 0.5) is 5.82 Å². The number of aromatic nitrogens is 1. The van der Waals surface area contributed by atoms with Crippen LogP contribution >= 0.6 is 15.9 Å². The third-order valence-electron chi connectivity index (χ3n) is 3.25. The number of anilines is 1. The van der Waals surface area contributed by atoms with Gasteiger partial charge in [-0.2, -0.15) is 0 Å². The maximum Gasteiger partial charge on any atom is 0.128 e. The number of hydrogen-bond acceptors (Lipinski definition) is 3. The van der Waals surface area contributed by atoms with Gasteiger partial charge in [-0.25, -0.2) is 4.98 Å². The lowest BCUT2D eigenvalue weighted by Gasteiger charge is -2.38. The Bertz CT molecular complexity index is 339. The molecule has 4 heteroatoms. The maximum absolute atomic E-state index is 4.51. The average Bonchev–Trinajstić information content (AvgIpc) is 2.33. The normalized spacial score (nSPS) is 22.4. The SMILES string of the molecule is CC1CN(c2ccc(CBr)cn2)CCN1C. The van der Waals surface area contributed by atoms with Gasteiger partial charge in [-0.1, -0.05) is 22.0 Å². The molecular weight excluding hydrogens is 266 g/mol. The molecule has 1 fully saturated rings. The summed E-state index contributed by atoms with van der Waals surface area (Å²) >= 11 is 3.44. The van der Waals surface area contributed by atoms with Crippen molar-refractivity contribution in [3.05, 3.63) is 23.9 Å². The summed E-state index contributed by atoms with van der Waals surface area (Å²) in [6.45, 7) is 5.51. The molecule has 1 unspecified atom stereocenters. The van der Waals surface area contributed by atoms with E-state index in [0.29, 0.717) is 6.04 Å². The second-order valence-corrected chi connectivity index (χ2v) is 4.99. The van der Waals surface area contributed by atoms with Crippen LogP contribution in [0.25, 0.3) is 0 Å². The van der Waals surface area contributed by atoms with E-state index in [1.54, 1.807) is 0 Å². The van der Waals surface area contributed by atoms with Crippen LogP contribution in [-0.4, -0.2) is 42.6 Å². The Labute approximate surface area is 106 Å². The van der Waals surface area contributed by atoms with Crippen LogP contribution < -0.4 is 4.90 Å². The summed E-state index contributed by atoms with van der Waals surface area (Å²) in [5.74, 6) is 1.10. The Kier molecular flexibility index (Phi) is 3.82. The minimum absolute atomic E-state index is 0.603. The summed E-state index contributed by atoms with van der Waals surface area (Å²) in [7, 11) is 2.18. The van der Waals surface area contributed by atoms with Crippen molar-refractivity contribution in [2.75, 3.05) is 31.6 Å². The molecular formula is C12H18BrN3. The van der Waals surface area contributed by atoms with Crippen molar-refractivity contribution in [3.63, 3.8) is 0 Å². The molecule has 0 spiro atoms. The van der Waals surface area contributed by atoms with Crippen LogP contribution in [0.2, 0.25) is 0 Å². The quantitative estimate of drug-likeness (QED) is 0.775. The van der Waals surface area contributed by atoms with Gasteiger partial charge in [0.05, 0.1) is 0 Å². The molecule has 88 valence electrons. The molecule has 1 atom stereocenters. The Morgan fingerprint density at radius 1 is 1.44 bits per heavy atom. The van der Waals surface area contributed by atoms with E-state index < -0.39 is 0 Å². The lowest BCUT2D eigenvalue weighted by atomic mass is 10.2. The van der Waals surface area contributed by atoms with Gasteiger partial charge in [0.1, 0.15) is 5.82 Å². The van der Waals surface area contributed by atoms with Crippen LogP contribution in [0.3, 0.4) is 0 Å². The Morgan fingerprint density at radius 2 is 2.25 bits per heavy atom. The zero-order chi connectivity index (χ0) is 11.5. The molecule has 2 rings (SSSR count). The van der Waals surface area contributed by atoms with Crippen molar-refractivity contribution >= 4 is 21.7 Å². The predicted molar refractivity (Wildman–Crippen MR) is 71.2 cm³/mol. The first-order chi connectivity index (χ1) is 7.70. The van der Waals surface area contributed by atoms with Crippen LogP contribution in [0.15, 0.2) is 18.3 Å². The van der Waals surface area contributed by atoms with Gasteiger partial charge in [-0.3, -0.25) is 0 Å². The van der Waals surface area contributed by atoms with E-state index in [9.17, 15) is 0 Å². The molecule has 1 aliphatic heterocycles. The van der Waals surface area contributed by atoms with Gasteiger partial charge in [0, 0.05) is 37.2 Å². The van der Waals surface area contributed by atoms with E-state index in [1.807, 2.05) is 6.20 Å². The Hall–Kier alpha value is -0.610. The summed E-state index contributed by atoms with van der Waals surface area (Å²) < 4.78 is 0. The van der Waals surface area contributed by atoms with E-state index >= 15 is 0 Å². The van der Waals surface area contributed by atoms with Crippen molar-refractivity contribution in [2.24, 2.45) is 0 Å². The van der Waals surface area contributed by atoms with E-state index in [4.69, 9.17) is 0 Å². The molecule has 0 aromatic carbocycles. The molecule has 1 saturated heterocycles. The highest BCUT2D eigenvalue weighted by Gasteiger charge is 2.21. The first kappa shape index (κ1) is 11.9. The topological polar surface area (TPSA) is 19.4 Å². The lowest BCUT2D eigenvalue weighted by molar-refractivity contribution is 0.233. The highest BCUT2D eigenvalue weighted by Crippen LogP contribution is 2.16. The number of likely N-dealkylation sites (N-methyl/N-ethyl adjacent to an activating group) is 1. The van der Waals surface area contributed by atoms with Crippen LogP contribution in [-0.2, 0) is 5.33 Å². The maximum atomic E-state index is 4.51. The molecule has 1 aliphatic rings. The highest BCUT2D eigenvalue weighted by molar-refractivity contribution is 9.08. The molecule has 0 N–H and O–H groups in total. The highest BCUT2D eigenvalue weighted by atomic mass is 79.9. The van der Waals surface area contributed by atoms with Gasteiger partial charge in [0.2, 0.25) is 0 Å². The van der Waals surface area contributed by atoms with Gasteiger partial charge in [-0.15, -0.1) is 0 Å². The summed E-state index contributed by atoms with van der Waals surface area (Å²) in [5.41, 5.74) is 1.23. The number of rotatable bonds is 2. The lowest BCUT2D eigenvalue weighted by Crippen LogP contribution is -2.50. The monoisotopic (exact) mass is 283 g/mol. The second kappa shape index (κ2) is 5.15. The fourth-order valence-corrected chi connectivity index (χ4v) is 2.27. The molecule has 1 aromatic heterocycles. The van der Waals surface area contributed by atoms with E-state index in [1.165, 1.54) is 5.56 Å². The molecule has 1 aromatic rings. The fourth-order valence-electron chi connectivity index (χ4n) is 1.94. The third kappa shape index (κ3) is 2.55. The predicted octanol–water partition coefficient (Wildman–Crippen LogP) is 2.12. The van der Waals surface area contributed by atoms with Crippen molar-refractivity contribution in [3.8, 4) is 0 Å². The van der Waals surface area contributed by atoms with Crippen LogP contribution in [0.1, 0.15) is 12.5 Å². The van der Waals surface area contributed by atoms with Gasteiger partial charge < -0.3 is 9.80 Å². The van der Waals surface area contributed by atoms with E-state index in [2.05, 4.69) is 56.8 Å². The van der Waals surface area contributed by atoms with Crippen molar-refractivity contribution in [1.29, 1.82) is 0 Å². The largest absolute Gasteiger partial charge is 0.354 e. The summed E-state index contributed by atoms with van der Waals surface area (Å²) in [4.78, 5) is 9.27. The van der Waals surface area contributed by atoms with Crippen molar-refractivity contribution in [2.45, 2.75) is 18.3 Å². The van der Waals surface area contributed by atoms with Gasteiger partial charge in [0.15, 0.2) is 0 Å². The first-order valence-electron chi connectivity index (χ1n) is 5.67. The molecule has 0 bridgehead atoms. The standard InChI is InChI=1S/C12H18BrN3/c1-10-9-16(6-5-15(10)2)12-4-3-11(7-13)8-14-12/h3-4,8,10H,5-7,9H2,1-2H3. The minimum Gasteiger partial charge on any atom is -0.354 e. The van der Waals surface area contributed by atoms with Crippen LogP contribution in [0.5, 0.6) is 0 Å². The van der Waals surface area contributed by atoms with Gasteiger partial charge in [-0.05, 0) is 25.6 Å². The molecule has 16 heavy (non-hydrogen) atoms. The summed E-state index contributed by atoms with van der Waals surface area (Å²) in [6, 6.07) is 4.86. The summed E-state index contributed by atoms with van der Waals surface area (Å²) in [6.07, 6.45) is 1.95. The first-order valence-corrected chi connectivity index (χ1v) is 6.79. The van der Waals surface area contributed by atoms with E-state index in [0.717, 1.165) is 30.8 Å². The zero-order valence-electron chi connectivity index (χ0n) is 9.86.